The molecule has 0 saturated heterocycles. The van der Waals surface area contributed by atoms with Crippen molar-refractivity contribution in [2.45, 2.75) is 0 Å². The van der Waals surface area contributed by atoms with E-state index in [9.17, 15) is 0 Å². The third kappa shape index (κ3) is 1.69. The molecule has 0 bridgehead atoms. The summed E-state index contributed by atoms with van der Waals surface area (Å²) in [5.74, 6) is 0. The summed E-state index contributed by atoms with van der Waals surface area (Å²) in [5, 5.41) is 7.05. The molecule has 0 aliphatic heterocycles. The first-order chi connectivity index (χ1) is 6.90. The van der Waals surface area contributed by atoms with Gasteiger partial charge in [0, 0.05) is 23.5 Å². The zero-order valence-electron chi connectivity index (χ0n) is 7.64. The highest BCUT2D eigenvalue weighted by molar-refractivity contribution is 5.77. The van der Waals surface area contributed by atoms with Gasteiger partial charge in [-0.05, 0) is 12.1 Å². The fourth-order valence-electron chi connectivity index (χ4n) is 1.27. The van der Waals surface area contributed by atoms with E-state index in [1.165, 1.54) is 6.21 Å². The molecular weight excluding hydrogens is 172 g/mol. The Labute approximate surface area is 82.8 Å². The van der Waals surface area contributed by atoms with E-state index in [1.807, 2.05) is 42.5 Å². The SMILES string of the molecule is N=Cc1ccc(-c2ccccc2)nc1. The lowest BCUT2D eigenvalue weighted by molar-refractivity contribution is 1.31. The van der Waals surface area contributed by atoms with Gasteiger partial charge in [0.25, 0.3) is 0 Å². The summed E-state index contributed by atoms with van der Waals surface area (Å²) in [6.45, 7) is 0. The molecule has 2 aromatic rings. The number of benzene rings is 1. The fourth-order valence-corrected chi connectivity index (χ4v) is 1.27. The van der Waals surface area contributed by atoms with Crippen molar-refractivity contribution in [2.75, 3.05) is 0 Å². The molecule has 0 spiro atoms. The van der Waals surface area contributed by atoms with Crippen LogP contribution in [-0.4, -0.2) is 11.2 Å². The minimum atomic E-state index is 0.824. The molecule has 2 rings (SSSR count). The van der Waals surface area contributed by atoms with Gasteiger partial charge in [-0.3, -0.25) is 4.98 Å². The quantitative estimate of drug-likeness (QED) is 0.712. The van der Waals surface area contributed by atoms with Gasteiger partial charge in [0.2, 0.25) is 0 Å². The van der Waals surface area contributed by atoms with Crippen LogP contribution in [-0.2, 0) is 0 Å². The maximum Gasteiger partial charge on any atom is 0.0702 e. The van der Waals surface area contributed by atoms with Gasteiger partial charge in [-0.25, -0.2) is 0 Å². The lowest BCUT2D eigenvalue weighted by Gasteiger charge is -1.99. The van der Waals surface area contributed by atoms with Crippen molar-refractivity contribution in [3.8, 4) is 11.3 Å². The standard InChI is InChI=1S/C12H10N2/c13-8-10-6-7-12(14-9-10)11-4-2-1-3-5-11/h1-9,13H. The van der Waals surface area contributed by atoms with Gasteiger partial charge in [-0.1, -0.05) is 30.3 Å². The molecule has 0 aliphatic carbocycles. The van der Waals surface area contributed by atoms with Crippen LogP contribution in [0.15, 0.2) is 48.7 Å². The molecule has 1 aromatic carbocycles. The van der Waals surface area contributed by atoms with Crippen LogP contribution in [0.1, 0.15) is 5.56 Å². The Hall–Kier alpha value is -1.96. The molecule has 0 amide bonds. The molecular formula is C12H10N2. The first kappa shape index (κ1) is 8.63. The molecule has 68 valence electrons. The third-order valence-corrected chi connectivity index (χ3v) is 2.02. The second-order valence-corrected chi connectivity index (χ2v) is 2.99. The number of hydrogen-bond donors (Lipinski definition) is 1. The van der Waals surface area contributed by atoms with Gasteiger partial charge < -0.3 is 5.41 Å². The maximum absolute atomic E-state index is 7.05. The van der Waals surface area contributed by atoms with Crippen LogP contribution in [0.3, 0.4) is 0 Å². The van der Waals surface area contributed by atoms with Crippen molar-refractivity contribution in [3.63, 3.8) is 0 Å². The van der Waals surface area contributed by atoms with E-state index in [0.29, 0.717) is 0 Å². The Morgan fingerprint density at radius 1 is 1.00 bits per heavy atom. The number of aromatic nitrogens is 1. The topological polar surface area (TPSA) is 36.7 Å². The van der Waals surface area contributed by atoms with Crippen LogP contribution < -0.4 is 0 Å². The molecule has 2 nitrogen and oxygen atoms in total. The van der Waals surface area contributed by atoms with Gasteiger partial charge in [-0.2, -0.15) is 0 Å². The summed E-state index contributed by atoms with van der Waals surface area (Å²) in [4.78, 5) is 4.27. The summed E-state index contributed by atoms with van der Waals surface area (Å²) in [5.41, 5.74) is 2.87. The van der Waals surface area contributed by atoms with Crippen LogP contribution in [0, 0.1) is 5.41 Å². The van der Waals surface area contributed by atoms with Crippen LogP contribution in [0.4, 0.5) is 0 Å². The zero-order chi connectivity index (χ0) is 9.80. The van der Waals surface area contributed by atoms with Gasteiger partial charge >= 0.3 is 0 Å². The normalized spacial score (nSPS) is 9.71. The summed E-state index contributed by atoms with van der Waals surface area (Å²) in [7, 11) is 0. The van der Waals surface area contributed by atoms with E-state index in [-0.39, 0.29) is 0 Å². The third-order valence-electron chi connectivity index (χ3n) is 2.02. The summed E-state index contributed by atoms with van der Waals surface area (Å²) in [6, 6.07) is 13.8. The molecule has 0 saturated carbocycles. The van der Waals surface area contributed by atoms with E-state index in [2.05, 4.69) is 4.98 Å². The average molecular weight is 182 g/mol. The molecule has 1 aromatic heterocycles. The zero-order valence-corrected chi connectivity index (χ0v) is 7.64. The molecule has 0 fully saturated rings. The van der Waals surface area contributed by atoms with Gasteiger partial charge in [0.15, 0.2) is 0 Å². The molecule has 0 radical (unpaired) electrons. The average Bonchev–Trinajstić information content (AvgIpc) is 2.30. The van der Waals surface area contributed by atoms with Crippen LogP contribution in [0.25, 0.3) is 11.3 Å². The van der Waals surface area contributed by atoms with E-state index >= 15 is 0 Å². The minimum Gasteiger partial charge on any atom is -0.308 e. The van der Waals surface area contributed by atoms with Crippen LogP contribution in [0.5, 0.6) is 0 Å². The Balaban J connectivity index is 2.39. The van der Waals surface area contributed by atoms with Crippen LogP contribution >= 0.6 is 0 Å². The van der Waals surface area contributed by atoms with Crippen molar-refractivity contribution in [2.24, 2.45) is 0 Å². The van der Waals surface area contributed by atoms with Gasteiger partial charge in [-0.15, -0.1) is 0 Å². The van der Waals surface area contributed by atoms with Gasteiger partial charge in [0.1, 0.15) is 0 Å². The predicted octanol–water partition coefficient (Wildman–Crippen LogP) is 2.75. The lowest BCUT2D eigenvalue weighted by Crippen LogP contribution is -1.85. The smallest absolute Gasteiger partial charge is 0.0702 e. The highest BCUT2D eigenvalue weighted by Gasteiger charge is 1.96. The van der Waals surface area contributed by atoms with E-state index in [0.717, 1.165) is 16.8 Å². The Kier molecular flexibility index (Phi) is 2.36. The second kappa shape index (κ2) is 3.83. The Morgan fingerprint density at radius 2 is 1.79 bits per heavy atom. The highest BCUT2D eigenvalue weighted by atomic mass is 14.7. The maximum atomic E-state index is 7.05. The molecule has 0 unspecified atom stereocenters. The number of nitrogens with one attached hydrogen (secondary N) is 1. The number of hydrogen-bond acceptors (Lipinski definition) is 2. The molecule has 14 heavy (non-hydrogen) atoms. The Morgan fingerprint density at radius 3 is 2.36 bits per heavy atom. The van der Waals surface area contributed by atoms with E-state index in [1.54, 1.807) is 6.20 Å². The molecule has 1 heterocycles. The van der Waals surface area contributed by atoms with Crippen molar-refractivity contribution < 1.29 is 0 Å². The van der Waals surface area contributed by atoms with Crippen molar-refractivity contribution in [1.29, 1.82) is 5.41 Å². The summed E-state index contributed by atoms with van der Waals surface area (Å²) < 4.78 is 0. The lowest BCUT2D eigenvalue weighted by atomic mass is 10.1. The number of pyridine rings is 1. The molecule has 2 heteroatoms. The van der Waals surface area contributed by atoms with Crippen LogP contribution in [0.2, 0.25) is 0 Å². The van der Waals surface area contributed by atoms with E-state index in [4.69, 9.17) is 5.41 Å². The molecule has 1 N–H and O–H groups in total. The summed E-state index contributed by atoms with van der Waals surface area (Å²) in [6.07, 6.45) is 3.00. The largest absolute Gasteiger partial charge is 0.308 e. The van der Waals surface area contributed by atoms with Crippen molar-refractivity contribution in [1.82, 2.24) is 4.98 Å². The highest BCUT2D eigenvalue weighted by Crippen LogP contribution is 2.15. The molecule has 0 aliphatic rings. The second-order valence-electron chi connectivity index (χ2n) is 2.99. The van der Waals surface area contributed by atoms with Crippen molar-refractivity contribution in [3.05, 3.63) is 54.2 Å². The summed E-state index contributed by atoms with van der Waals surface area (Å²) >= 11 is 0. The van der Waals surface area contributed by atoms with Crippen molar-refractivity contribution >= 4 is 6.21 Å². The monoisotopic (exact) mass is 182 g/mol. The van der Waals surface area contributed by atoms with E-state index < -0.39 is 0 Å². The first-order valence-electron chi connectivity index (χ1n) is 4.42. The Bertz CT molecular complexity index is 418. The first-order valence-corrected chi connectivity index (χ1v) is 4.42. The van der Waals surface area contributed by atoms with Gasteiger partial charge in [0.05, 0.1) is 5.69 Å². The number of rotatable bonds is 2. The molecule has 0 atom stereocenters. The predicted molar refractivity (Wildman–Crippen MR) is 57.6 cm³/mol. The minimum absolute atomic E-state index is 0.824. The fraction of sp³-hybridized carbons (Fsp3) is 0. The number of nitrogens with zero attached hydrogens (tertiary/aromatic N) is 1.